The van der Waals surface area contributed by atoms with Crippen LogP contribution in [0.3, 0.4) is 0 Å². The summed E-state index contributed by atoms with van der Waals surface area (Å²) in [4.78, 5) is 100. The van der Waals surface area contributed by atoms with E-state index < -0.39 is 53.7 Å². The van der Waals surface area contributed by atoms with Gasteiger partial charge in [-0.3, -0.25) is 33.7 Å². The van der Waals surface area contributed by atoms with E-state index in [-0.39, 0.29) is 83.8 Å². The Labute approximate surface area is 368 Å². The summed E-state index contributed by atoms with van der Waals surface area (Å²) in [5.41, 5.74) is 6.30. The normalized spacial score (nSPS) is 13.1. The zero-order chi connectivity index (χ0) is 46.4. The Kier molecular flexibility index (Phi) is 26.5. The van der Waals surface area contributed by atoms with E-state index in [1.54, 1.807) is 52.2 Å². The van der Waals surface area contributed by atoms with Crippen molar-refractivity contribution in [3.63, 3.8) is 0 Å². The molecule has 22 nitrogen and oxygen atoms in total. The molecule has 9 amide bonds. The minimum Gasteiger partial charge on any atom is -0.445 e. The van der Waals surface area contributed by atoms with Crippen molar-refractivity contribution in [1.82, 2.24) is 36.4 Å². The first kappa shape index (κ1) is 53.5. The molecule has 0 unspecified atom stereocenters. The molecule has 0 aromatic heterocycles. The third kappa shape index (κ3) is 23.4. The zero-order valence-electron chi connectivity index (χ0n) is 36.7. The molecule has 0 radical (unpaired) electrons. The van der Waals surface area contributed by atoms with Crippen LogP contribution in [0.4, 0.5) is 15.3 Å². The molecule has 0 fully saturated rings. The number of imide groups is 1. The van der Waals surface area contributed by atoms with Crippen LogP contribution >= 0.6 is 0 Å². The fraction of sp³-hybridized carbons (Fsp3) is 0.610. The number of rotatable bonds is 33. The van der Waals surface area contributed by atoms with Crippen molar-refractivity contribution < 1.29 is 62.0 Å². The number of carbonyl (C=O) groups is 8. The maximum Gasteiger partial charge on any atom is 0.409 e. The number of benzene rings is 1. The summed E-state index contributed by atoms with van der Waals surface area (Å²) in [5, 5.41) is 16.3. The number of ether oxygens (including phenoxy) is 5. The van der Waals surface area contributed by atoms with E-state index in [0.29, 0.717) is 57.2 Å². The summed E-state index contributed by atoms with van der Waals surface area (Å²) < 4.78 is 27.2. The van der Waals surface area contributed by atoms with Crippen molar-refractivity contribution in [2.75, 3.05) is 105 Å². The smallest absolute Gasteiger partial charge is 0.409 e. The standard InChI is InChI=1S/C41H65N9O13/c1-29(2)37(48-34(52)14-20-59-22-24-61-26-27-62-25-23-60-21-17-44-33(51)13-18-50-35(53)11-12-36(50)54)39(56)47-32(6-5-15-45-40(42)57)38(55)46-31-9-7-30(8-10-31)28-63-41(58)49(4)19-16-43-3/h7-12,29,32,37,43H,5-6,13-28H2,1-4H3,(H,44,51)(H,46,55)(H,47,56)(H,48,52)(H3,42,45,57)/t32-,37-/m0/s1. The van der Waals surface area contributed by atoms with Crippen LogP contribution in [0.5, 0.6) is 0 Å². The first-order valence-corrected chi connectivity index (χ1v) is 20.9. The second-order valence-corrected chi connectivity index (χ2v) is 14.5. The molecule has 2 rings (SSSR count). The van der Waals surface area contributed by atoms with Crippen molar-refractivity contribution >= 4 is 53.3 Å². The second kappa shape index (κ2) is 31.2. The average Bonchev–Trinajstić information content (AvgIpc) is 3.58. The van der Waals surface area contributed by atoms with Crippen LogP contribution in [0.25, 0.3) is 0 Å². The molecule has 22 heteroatoms. The van der Waals surface area contributed by atoms with Gasteiger partial charge in [0.25, 0.3) is 11.8 Å². The predicted molar refractivity (Wildman–Crippen MR) is 229 cm³/mol. The van der Waals surface area contributed by atoms with Crippen molar-refractivity contribution in [2.45, 2.75) is 58.2 Å². The third-order valence-electron chi connectivity index (χ3n) is 9.08. The monoisotopic (exact) mass is 891 g/mol. The van der Waals surface area contributed by atoms with Crippen molar-refractivity contribution in [3.05, 3.63) is 42.0 Å². The SMILES string of the molecule is CNCCN(C)C(=O)OCc1ccc(NC(=O)[C@H](CCCNC(N)=O)NC(=O)[C@@H](NC(=O)CCOCCOCCOCCOCCNC(=O)CCN2C(=O)C=CC2=O)C(C)C)cc1. The highest BCUT2D eigenvalue weighted by Crippen LogP contribution is 2.13. The van der Waals surface area contributed by atoms with Crippen LogP contribution in [-0.2, 0) is 59.1 Å². The van der Waals surface area contributed by atoms with E-state index in [1.165, 1.54) is 17.1 Å². The van der Waals surface area contributed by atoms with Crippen LogP contribution in [0, 0.1) is 5.92 Å². The van der Waals surface area contributed by atoms with Crippen LogP contribution in [0.1, 0.15) is 45.1 Å². The van der Waals surface area contributed by atoms with Gasteiger partial charge in [0, 0.05) is 70.5 Å². The molecule has 0 saturated heterocycles. The summed E-state index contributed by atoms with van der Waals surface area (Å²) in [6.07, 6.45) is 2.33. The van der Waals surface area contributed by atoms with Crippen LogP contribution in [0.15, 0.2) is 36.4 Å². The van der Waals surface area contributed by atoms with E-state index in [0.717, 1.165) is 4.90 Å². The molecule has 1 heterocycles. The fourth-order valence-electron chi connectivity index (χ4n) is 5.51. The van der Waals surface area contributed by atoms with E-state index in [4.69, 9.17) is 29.4 Å². The van der Waals surface area contributed by atoms with Crippen LogP contribution < -0.4 is 37.6 Å². The first-order valence-electron chi connectivity index (χ1n) is 20.9. The van der Waals surface area contributed by atoms with Gasteiger partial charge in [-0.25, -0.2) is 9.59 Å². The number of hydrogen-bond acceptors (Lipinski definition) is 14. The van der Waals surface area contributed by atoms with E-state index in [1.807, 2.05) is 0 Å². The quantitative estimate of drug-likeness (QED) is 0.0342. The number of urea groups is 1. The highest BCUT2D eigenvalue weighted by atomic mass is 16.6. The van der Waals surface area contributed by atoms with Crippen LogP contribution in [-0.4, -0.2) is 169 Å². The van der Waals surface area contributed by atoms with E-state index in [2.05, 4.69) is 31.9 Å². The number of amides is 9. The maximum atomic E-state index is 13.5. The average molecular weight is 892 g/mol. The predicted octanol–water partition coefficient (Wildman–Crippen LogP) is -0.625. The minimum absolute atomic E-state index is 0.00921. The third-order valence-corrected chi connectivity index (χ3v) is 9.08. The molecule has 8 N–H and O–H groups in total. The van der Waals surface area contributed by atoms with Gasteiger partial charge in [0.2, 0.25) is 23.6 Å². The van der Waals surface area contributed by atoms with Crippen molar-refractivity contribution in [2.24, 2.45) is 11.7 Å². The number of anilines is 1. The number of hydrogen-bond donors (Lipinski definition) is 7. The molecule has 0 spiro atoms. The highest BCUT2D eigenvalue weighted by Gasteiger charge is 2.29. The molecular formula is C41H65N9O13. The zero-order valence-corrected chi connectivity index (χ0v) is 36.7. The number of primary amides is 1. The Balaban J connectivity index is 1.65. The summed E-state index contributed by atoms with van der Waals surface area (Å²) in [6.45, 7) is 7.23. The Morgan fingerprint density at radius 1 is 0.730 bits per heavy atom. The van der Waals surface area contributed by atoms with Gasteiger partial charge in [-0.05, 0) is 43.5 Å². The van der Waals surface area contributed by atoms with Gasteiger partial charge in [-0.15, -0.1) is 0 Å². The maximum absolute atomic E-state index is 13.5. The number of nitrogens with one attached hydrogen (secondary N) is 6. The topological polar surface area (TPSA) is 287 Å². The molecule has 0 saturated carbocycles. The molecule has 0 bridgehead atoms. The Morgan fingerprint density at radius 2 is 1.33 bits per heavy atom. The highest BCUT2D eigenvalue weighted by molar-refractivity contribution is 6.13. The van der Waals surface area contributed by atoms with Gasteiger partial charge in [0.1, 0.15) is 18.7 Å². The largest absolute Gasteiger partial charge is 0.445 e. The molecule has 1 aromatic rings. The van der Waals surface area contributed by atoms with Gasteiger partial charge < -0.3 is 66.2 Å². The lowest BCUT2D eigenvalue weighted by Gasteiger charge is -2.25. The number of nitrogens with zero attached hydrogens (tertiary/aromatic N) is 2. The Morgan fingerprint density at radius 3 is 1.92 bits per heavy atom. The molecule has 1 aliphatic rings. The number of nitrogens with two attached hydrogens (primary N) is 1. The van der Waals surface area contributed by atoms with Gasteiger partial charge in [0.15, 0.2) is 0 Å². The summed E-state index contributed by atoms with van der Waals surface area (Å²) in [6, 6.07) is 3.98. The molecule has 352 valence electrons. The number of carbonyl (C=O) groups excluding carboxylic acids is 8. The Bertz CT molecular complexity index is 1630. The van der Waals surface area contributed by atoms with Crippen molar-refractivity contribution in [3.8, 4) is 0 Å². The molecule has 1 aliphatic heterocycles. The van der Waals surface area contributed by atoms with Gasteiger partial charge >= 0.3 is 12.1 Å². The Hall–Kier alpha value is -5.68. The van der Waals surface area contributed by atoms with E-state index in [9.17, 15) is 38.4 Å². The van der Waals surface area contributed by atoms with Gasteiger partial charge in [-0.2, -0.15) is 0 Å². The first-order chi connectivity index (χ1) is 30.2. The van der Waals surface area contributed by atoms with E-state index >= 15 is 0 Å². The minimum atomic E-state index is -1.02. The second-order valence-electron chi connectivity index (χ2n) is 14.5. The lowest BCUT2D eigenvalue weighted by atomic mass is 10.0. The molecule has 1 aromatic carbocycles. The van der Waals surface area contributed by atoms with Gasteiger partial charge in [0.05, 0.1) is 52.9 Å². The molecular weight excluding hydrogens is 827 g/mol. The molecule has 2 atom stereocenters. The number of likely N-dealkylation sites (N-methyl/N-ethyl adjacent to an activating group) is 2. The molecule has 63 heavy (non-hydrogen) atoms. The molecule has 0 aliphatic carbocycles. The lowest BCUT2D eigenvalue weighted by molar-refractivity contribution is -0.137. The summed E-state index contributed by atoms with van der Waals surface area (Å²) in [5.74, 6) is -2.98. The summed E-state index contributed by atoms with van der Waals surface area (Å²) >= 11 is 0. The van der Waals surface area contributed by atoms with Gasteiger partial charge in [-0.1, -0.05) is 26.0 Å². The summed E-state index contributed by atoms with van der Waals surface area (Å²) in [7, 11) is 3.43. The lowest BCUT2D eigenvalue weighted by Crippen LogP contribution is -2.54. The van der Waals surface area contributed by atoms with Crippen LogP contribution in [0.2, 0.25) is 0 Å². The van der Waals surface area contributed by atoms with Crippen molar-refractivity contribution in [1.29, 1.82) is 0 Å². The fourth-order valence-corrected chi connectivity index (χ4v) is 5.51.